The van der Waals surface area contributed by atoms with E-state index in [9.17, 15) is 0 Å². The van der Waals surface area contributed by atoms with Gasteiger partial charge in [0.1, 0.15) is 0 Å². The molecule has 1 aliphatic carbocycles. The zero-order valence-electron chi connectivity index (χ0n) is 14.9. The maximum atomic E-state index is 6.19. The molecule has 21 heavy (non-hydrogen) atoms. The van der Waals surface area contributed by atoms with Crippen molar-refractivity contribution < 1.29 is 9.31 Å². The molecule has 2 aliphatic rings. The minimum atomic E-state index is -2.18. The van der Waals surface area contributed by atoms with E-state index in [1.54, 1.807) is 9.16 Å². The van der Waals surface area contributed by atoms with Crippen molar-refractivity contribution in [3.05, 3.63) is 21.2 Å². The minimum absolute atomic E-state index is 0.191. The Balaban J connectivity index is 2.29. The summed E-state index contributed by atoms with van der Waals surface area (Å²) in [6.45, 7) is 8.50. The first kappa shape index (κ1) is 17.6. The Bertz CT molecular complexity index is 442. The first-order chi connectivity index (χ1) is 9.53. The normalized spacial score (nSPS) is 26.0. The summed E-state index contributed by atoms with van der Waals surface area (Å²) in [5.41, 5.74) is 1.10. The summed E-state index contributed by atoms with van der Waals surface area (Å²) in [5, 5.41) is 0. The number of rotatable bonds is 3. The Morgan fingerprint density at radius 2 is 1.67 bits per heavy atom. The molecule has 1 aliphatic heterocycles. The van der Waals surface area contributed by atoms with Crippen molar-refractivity contribution in [1.29, 1.82) is 0 Å². The molecule has 0 spiro atoms. The van der Waals surface area contributed by atoms with Crippen LogP contribution in [0.4, 0.5) is 0 Å². The number of hydrogen-bond donors (Lipinski definition) is 0. The topological polar surface area (TPSA) is 18.5 Å². The summed E-state index contributed by atoms with van der Waals surface area (Å²) in [6.07, 6.45) is 7.60. The van der Waals surface area contributed by atoms with Gasteiger partial charge in [-0.2, -0.15) is 0 Å². The van der Waals surface area contributed by atoms with E-state index in [4.69, 9.17) is 9.31 Å². The van der Waals surface area contributed by atoms with Gasteiger partial charge in [0.25, 0.3) is 0 Å². The summed E-state index contributed by atoms with van der Waals surface area (Å²) >= 11 is -2.18. The van der Waals surface area contributed by atoms with Crippen LogP contribution in [0.1, 0.15) is 53.4 Å². The van der Waals surface area contributed by atoms with E-state index in [1.807, 2.05) is 0 Å². The zero-order valence-corrected chi connectivity index (χ0v) is 17.7. The van der Waals surface area contributed by atoms with Crippen molar-refractivity contribution in [3.8, 4) is 0 Å². The van der Waals surface area contributed by atoms with E-state index in [2.05, 4.69) is 54.6 Å². The first-order valence-corrected chi connectivity index (χ1v) is 18.3. The second-order valence-corrected chi connectivity index (χ2v) is 22.8. The predicted octanol–water partition coefficient (Wildman–Crippen LogP) is 4.92. The molecular weight excluding hydrogens is 366 g/mol. The molecule has 0 bridgehead atoms. The molecule has 118 valence electrons. The van der Waals surface area contributed by atoms with Gasteiger partial charge in [0.05, 0.1) is 0 Å². The van der Waals surface area contributed by atoms with Gasteiger partial charge in [0.2, 0.25) is 0 Å². The first-order valence-electron chi connectivity index (χ1n) is 8.30. The van der Waals surface area contributed by atoms with Crippen LogP contribution in [0.2, 0.25) is 14.8 Å². The molecule has 2 rings (SSSR count). The molecule has 0 atom stereocenters. The predicted molar refractivity (Wildman–Crippen MR) is 94.1 cm³/mol. The Kier molecular flexibility index (Phi) is 5.07. The second-order valence-electron chi connectivity index (χ2n) is 8.43. The Labute approximate surface area is 135 Å². The van der Waals surface area contributed by atoms with Gasteiger partial charge in [0.15, 0.2) is 0 Å². The van der Waals surface area contributed by atoms with Crippen LogP contribution in [0.3, 0.4) is 0 Å². The molecule has 4 heteroatoms. The summed E-state index contributed by atoms with van der Waals surface area (Å²) < 4.78 is 14.0. The molecule has 0 saturated carbocycles. The standard InChI is InChI=1S/C14H22BO2.3CH3.Sn/c1-13(2)14(3,4)17-15(16-13)11-10-12-8-6-5-7-9-12;;;;/h8,11H,5-7,9H2,1-4H3;3*1H3;. The van der Waals surface area contributed by atoms with Gasteiger partial charge in [-0.3, -0.25) is 0 Å². The fourth-order valence-electron chi connectivity index (χ4n) is 3.01. The quantitative estimate of drug-likeness (QED) is 0.630. The van der Waals surface area contributed by atoms with Gasteiger partial charge in [-0.25, -0.2) is 0 Å². The van der Waals surface area contributed by atoms with Gasteiger partial charge in [0, 0.05) is 0 Å². The molecule has 0 N–H and O–H groups in total. The maximum absolute atomic E-state index is 6.19. The van der Waals surface area contributed by atoms with E-state index < -0.39 is 18.4 Å². The fourth-order valence-corrected chi connectivity index (χ4v) is 8.23. The summed E-state index contributed by atoms with van der Waals surface area (Å²) in [4.78, 5) is 7.46. The van der Waals surface area contributed by atoms with E-state index in [0.29, 0.717) is 0 Å². The van der Waals surface area contributed by atoms with Crippen LogP contribution in [-0.4, -0.2) is 36.7 Å². The molecule has 0 radical (unpaired) electrons. The molecule has 0 aromatic rings. The van der Waals surface area contributed by atoms with Gasteiger partial charge in [-0.15, -0.1) is 0 Å². The van der Waals surface area contributed by atoms with Gasteiger partial charge in [-0.05, 0) is 0 Å². The Morgan fingerprint density at radius 1 is 1.10 bits per heavy atom. The molecule has 1 fully saturated rings. The van der Waals surface area contributed by atoms with Crippen molar-refractivity contribution in [2.45, 2.75) is 79.4 Å². The number of hydrogen-bond acceptors (Lipinski definition) is 2. The van der Waals surface area contributed by atoms with Crippen LogP contribution >= 0.6 is 0 Å². The fraction of sp³-hybridized carbons (Fsp3) is 0.765. The molecule has 0 aromatic heterocycles. The van der Waals surface area contributed by atoms with E-state index in [1.165, 1.54) is 25.7 Å². The third-order valence-corrected chi connectivity index (χ3v) is 11.0. The molecule has 1 saturated heterocycles. The Hall–Kier alpha value is 0.264. The zero-order chi connectivity index (χ0) is 15.9. The van der Waals surface area contributed by atoms with E-state index in [0.717, 1.165) is 0 Å². The van der Waals surface area contributed by atoms with Gasteiger partial charge in [-0.1, -0.05) is 0 Å². The third kappa shape index (κ3) is 3.97. The van der Waals surface area contributed by atoms with E-state index in [-0.39, 0.29) is 18.3 Å². The van der Waals surface area contributed by atoms with Crippen LogP contribution in [-0.2, 0) is 9.31 Å². The number of allylic oxidation sites excluding steroid dienone is 3. The molecular formula is C17H31BO2Sn. The average Bonchev–Trinajstić information content (AvgIpc) is 2.54. The van der Waals surface area contributed by atoms with Gasteiger partial charge >= 0.3 is 135 Å². The Morgan fingerprint density at radius 3 is 2.10 bits per heavy atom. The molecule has 0 amide bonds. The van der Waals surface area contributed by atoms with Crippen molar-refractivity contribution >= 4 is 25.5 Å². The summed E-state index contributed by atoms with van der Waals surface area (Å²) in [6, 6.07) is 0. The van der Waals surface area contributed by atoms with E-state index >= 15 is 0 Å². The summed E-state index contributed by atoms with van der Waals surface area (Å²) in [5.74, 6) is 2.31. The van der Waals surface area contributed by atoms with Crippen LogP contribution < -0.4 is 0 Å². The van der Waals surface area contributed by atoms with Crippen LogP contribution in [0.5, 0.6) is 0 Å². The van der Waals surface area contributed by atoms with Crippen LogP contribution in [0, 0.1) is 0 Å². The molecule has 1 heterocycles. The average molecular weight is 397 g/mol. The SMILES string of the molecule is CC1(C)OB(/C=[C](/C2=CCCCC2)[Sn]([CH3])([CH3])[CH3])OC1(C)C. The van der Waals surface area contributed by atoms with Crippen LogP contribution in [0.15, 0.2) is 21.2 Å². The van der Waals surface area contributed by atoms with Crippen molar-refractivity contribution in [2.75, 3.05) is 0 Å². The molecule has 0 aromatic carbocycles. The second kappa shape index (κ2) is 6.05. The van der Waals surface area contributed by atoms with Crippen molar-refractivity contribution in [3.63, 3.8) is 0 Å². The summed E-state index contributed by atoms with van der Waals surface area (Å²) in [7, 11) is -0.191. The molecule has 2 nitrogen and oxygen atoms in total. The third-order valence-electron chi connectivity index (χ3n) is 5.02. The van der Waals surface area contributed by atoms with Gasteiger partial charge < -0.3 is 0 Å². The monoisotopic (exact) mass is 398 g/mol. The van der Waals surface area contributed by atoms with Crippen molar-refractivity contribution in [1.82, 2.24) is 0 Å². The molecule has 0 unspecified atom stereocenters. The van der Waals surface area contributed by atoms with Crippen molar-refractivity contribution in [2.24, 2.45) is 0 Å². The van der Waals surface area contributed by atoms with Crippen LogP contribution in [0.25, 0.3) is 0 Å².